The van der Waals surface area contributed by atoms with Crippen LogP contribution in [-0.4, -0.2) is 40.7 Å². The van der Waals surface area contributed by atoms with Gasteiger partial charge in [0, 0.05) is 33.3 Å². The maximum Gasteiger partial charge on any atom is 0.240 e. The summed E-state index contributed by atoms with van der Waals surface area (Å²) in [6.07, 6.45) is 1.85. The van der Waals surface area contributed by atoms with Gasteiger partial charge >= 0.3 is 0 Å². The van der Waals surface area contributed by atoms with Crippen molar-refractivity contribution in [2.45, 2.75) is 50.8 Å². The van der Waals surface area contributed by atoms with Crippen LogP contribution in [0.15, 0.2) is 52.4 Å². The van der Waals surface area contributed by atoms with E-state index in [-0.39, 0.29) is 11.0 Å². The number of sulfonamides is 1. The minimum absolute atomic E-state index is 0.0267. The summed E-state index contributed by atoms with van der Waals surface area (Å²) in [5.41, 5.74) is 4.68. The Morgan fingerprint density at radius 2 is 1.84 bits per heavy atom. The first-order chi connectivity index (χ1) is 14.9. The maximum absolute atomic E-state index is 12.5. The summed E-state index contributed by atoms with van der Waals surface area (Å²) >= 11 is 0. The predicted octanol–water partition coefficient (Wildman–Crippen LogP) is 2.63. The minimum Gasteiger partial charge on any atom is -0.377 e. The van der Waals surface area contributed by atoms with Crippen LogP contribution in [0.2, 0.25) is 0 Å². The standard InChI is InChI=1S/C23H32N4O3S/c1-17-6-9-20(18(2)13-17)15-26-23(24-3)25-14-19-7-10-22(11-8-19)31(28,29)27-16-21-5-4-12-30-21/h6-11,13,21,27H,4-5,12,14-16H2,1-3H3,(H2,24,25,26). The van der Waals surface area contributed by atoms with Gasteiger partial charge in [-0.05, 0) is 55.5 Å². The lowest BCUT2D eigenvalue weighted by atomic mass is 10.1. The van der Waals surface area contributed by atoms with E-state index in [0.717, 1.165) is 18.4 Å². The van der Waals surface area contributed by atoms with Gasteiger partial charge in [-0.25, -0.2) is 13.1 Å². The Balaban J connectivity index is 1.50. The van der Waals surface area contributed by atoms with Gasteiger partial charge in [0.15, 0.2) is 5.96 Å². The smallest absolute Gasteiger partial charge is 0.240 e. The molecule has 1 unspecified atom stereocenters. The van der Waals surface area contributed by atoms with Gasteiger partial charge in [0.25, 0.3) is 0 Å². The van der Waals surface area contributed by atoms with Crippen molar-refractivity contribution in [1.82, 2.24) is 15.4 Å². The van der Waals surface area contributed by atoms with E-state index in [4.69, 9.17) is 4.74 Å². The van der Waals surface area contributed by atoms with Crippen LogP contribution in [0.1, 0.15) is 35.1 Å². The summed E-state index contributed by atoms with van der Waals surface area (Å²) in [6.45, 7) is 6.42. The van der Waals surface area contributed by atoms with Crippen molar-refractivity contribution in [3.05, 3.63) is 64.7 Å². The van der Waals surface area contributed by atoms with Crippen LogP contribution in [0.25, 0.3) is 0 Å². The zero-order valence-electron chi connectivity index (χ0n) is 18.4. The SMILES string of the molecule is CN=C(NCc1ccc(S(=O)(=O)NCC2CCCO2)cc1)NCc1ccc(C)cc1C. The van der Waals surface area contributed by atoms with Crippen LogP contribution in [0.5, 0.6) is 0 Å². The Labute approximate surface area is 185 Å². The van der Waals surface area contributed by atoms with Crippen LogP contribution in [-0.2, 0) is 27.8 Å². The van der Waals surface area contributed by atoms with E-state index in [9.17, 15) is 8.42 Å². The molecule has 2 aromatic rings. The van der Waals surface area contributed by atoms with Gasteiger partial charge < -0.3 is 15.4 Å². The van der Waals surface area contributed by atoms with Gasteiger partial charge in [0.05, 0.1) is 11.0 Å². The average molecular weight is 445 g/mol. The highest BCUT2D eigenvalue weighted by Gasteiger charge is 2.20. The molecule has 1 heterocycles. The zero-order valence-corrected chi connectivity index (χ0v) is 19.3. The predicted molar refractivity (Wildman–Crippen MR) is 124 cm³/mol. The molecule has 0 saturated carbocycles. The number of aryl methyl sites for hydroxylation is 2. The van der Waals surface area contributed by atoms with E-state index in [1.165, 1.54) is 16.7 Å². The van der Waals surface area contributed by atoms with E-state index in [1.54, 1.807) is 19.2 Å². The zero-order chi connectivity index (χ0) is 22.3. The van der Waals surface area contributed by atoms with Gasteiger partial charge in [-0.2, -0.15) is 0 Å². The van der Waals surface area contributed by atoms with Crippen molar-refractivity contribution in [3.8, 4) is 0 Å². The fraction of sp³-hybridized carbons (Fsp3) is 0.435. The fourth-order valence-corrected chi connectivity index (χ4v) is 4.57. The first-order valence-electron chi connectivity index (χ1n) is 10.6. The van der Waals surface area contributed by atoms with Crippen LogP contribution in [0.3, 0.4) is 0 Å². The second-order valence-corrected chi connectivity index (χ2v) is 9.61. The Kier molecular flexibility index (Phi) is 8.06. The molecule has 2 aromatic carbocycles. The van der Waals surface area contributed by atoms with Crippen molar-refractivity contribution in [1.29, 1.82) is 0 Å². The van der Waals surface area contributed by atoms with Crippen molar-refractivity contribution >= 4 is 16.0 Å². The number of hydrogen-bond acceptors (Lipinski definition) is 4. The summed E-state index contributed by atoms with van der Waals surface area (Å²) in [5, 5.41) is 6.58. The number of guanidine groups is 1. The first-order valence-corrected chi connectivity index (χ1v) is 12.1. The average Bonchev–Trinajstić information content (AvgIpc) is 3.28. The Morgan fingerprint density at radius 3 is 2.48 bits per heavy atom. The molecule has 168 valence electrons. The number of ether oxygens (including phenoxy) is 1. The molecule has 3 rings (SSSR count). The number of rotatable bonds is 8. The van der Waals surface area contributed by atoms with Crippen molar-refractivity contribution in [2.75, 3.05) is 20.2 Å². The number of benzene rings is 2. The molecule has 3 N–H and O–H groups in total. The molecule has 0 spiro atoms. The summed E-state index contributed by atoms with van der Waals surface area (Å²) in [4.78, 5) is 4.52. The van der Waals surface area contributed by atoms with E-state index in [1.807, 2.05) is 12.1 Å². The largest absolute Gasteiger partial charge is 0.377 e. The molecule has 0 amide bonds. The fourth-order valence-electron chi connectivity index (χ4n) is 3.51. The van der Waals surface area contributed by atoms with Crippen LogP contribution in [0.4, 0.5) is 0 Å². The molecular formula is C23H32N4O3S. The molecule has 1 saturated heterocycles. The van der Waals surface area contributed by atoms with Crippen molar-refractivity contribution in [2.24, 2.45) is 4.99 Å². The molecule has 1 atom stereocenters. The Hall–Kier alpha value is -2.42. The lowest BCUT2D eigenvalue weighted by Crippen LogP contribution is -2.36. The van der Waals surface area contributed by atoms with Gasteiger partial charge in [0.1, 0.15) is 0 Å². The van der Waals surface area contributed by atoms with E-state index in [0.29, 0.717) is 32.2 Å². The number of hydrogen-bond donors (Lipinski definition) is 3. The third-order valence-corrected chi connectivity index (χ3v) is 6.83. The van der Waals surface area contributed by atoms with Gasteiger partial charge in [-0.3, -0.25) is 4.99 Å². The van der Waals surface area contributed by atoms with Crippen LogP contribution in [0, 0.1) is 13.8 Å². The summed E-state index contributed by atoms with van der Waals surface area (Å²) in [5.74, 6) is 0.690. The van der Waals surface area contributed by atoms with Gasteiger partial charge in [-0.15, -0.1) is 0 Å². The van der Waals surface area contributed by atoms with Crippen LogP contribution < -0.4 is 15.4 Å². The topological polar surface area (TPSA) is 91.8 Å². The lowest BCUT2D eigenvalue weighted by Gasteiger charge is -2.14. The van der Waals surface area contributed by atoms with Crippen molar-refractivity contribution < 1.29 is 13.2 Å². The molecule has 8 heteroatoms. The molecule has 0 radical (unpaired) electrons. The molecule has 31 heavy (non-hydrogen) atoms. The van der Waals surface area contributed by atoms with Gasteiger partial charge in [0.2, 0.25) is 10.0 Å². The maximum atomic E-state index is 12.5. The van der Waals surface area contributed by atoms with Crippen LogP contribution >= 0.6 is 0 Å². The van der Waals surface area contributed by atoms with E-state index >= 15 is 0 Å². The highest BCUT2D eigenvalue weighted by Crippen LogP contribution is 2.14. The lowest BCUT2D eigenvalue weighted by molar-refractivity contribution is 0.114. The molecule has 1 aliphatic rings. The molecule has 0 aliphatic carbocycles. The summed E-state index contributed by atoms with van der Waals surface area (Å²) < 4.78 is 33.1. The number of nitrogens with one attached hydrogen (secondary N) is 3. The minimum atomic E-state index is -3.53. The molecule has 0 aromatic heterocycles. The number of nitrogens with zero attached hydrogens (tertiary/aromatic N) is 1. The Morgan fingerprint density at radius 1 is 1.10 bits per heavy atom. The second-order valence-electron chi connectivity index (χ2n) is 7.84. The third kappa shape index (κ3) is 6.78. The third-order valence-electron chi connectivity index (χ3n) is 5.39. The summed E-state index contributed by atoms with van der Waals surface area (Å²) in [7, 11) is -1.80. The number of aliphatic imine (C=N–C) groups is 1. The molecule has 1 fully saturated rings. The Bertz CT molecular complexity index is 998. The van der Waals surface area contributed by atoms with Gasteiger partial charge in [-0.1, -0.05) is 35.9 Å². The molecule has 7 nitrogen and oxygen atoms in total. The molecule has 0 bridgehead atoms. The monoisotopic (exact) mass is 444 g/mol. The molecular weight excluding hydrogens is 412 g/mol. The van der Waals surface area contributed by atoms with E-state index < -0.39 is 10.0 Å². The quantitative estimate of drug-likeness (QED) is 0.430. The van der Waals surface area contributed by atoms with Crippen molar-refractivity contribution in [3.63, 3.8) is 0 Å². The normalized spacial score (nSPS) is 17.0. The van der Waals surface area contributed by atoms with E-state index in [2.05, 4.69) is 52.4 Å². The second kappa shape index (κ2) is 10.7. The summed E-state index contributed by atoms with van der Waals surface area (Å²) in [6, 6.07) is 13.3. The first kappa shape index (κ1) is 23.2. The highest BCUT2D eigenvalue weighted by atomic mass is 32.2. The highest BCUT2D eigenvalue weighted by molar-refractivity contribution is 7.89. The molecule has 1 aliphatic heterocycles.